The number of nitrogens with zero attached hydrogens (tertiary/aromatic N) is 2. The normalized spacial score (nSPS) is 21.3. The van der Waals surface area contributed by atoms with Crippen LogP contribution in [0.1, 0.15) is 17.2 Å². The van der Waals surface area contributed by atoms with E-state index in [4.69, 9.17) is 0 Å². The van der Waals surface area contributed by atoms with Crippen molar-refractivity contribution in [2.24, 2.45) is 0 Å². The van der Waals surface area contributed by atoms with E-state index in [9.17, 15) is 4.79 Å². The molecule has 1 atom stereocenters. The highest BCUT2D eigenvalue weighted by Gasteiger charge is 2.32. The van der Waals surface area contributed by atoms with Gasteiger partial charge in [0.15, 0.2) is 0 Å². The summed E-state index contributed by atoms with van der Waals surface area (Å²) in [6, 6.07) is 21.6. The SMILES string of the molecule is O=C(C1CSCN1)N1CCN(C(c2ccccc2)c2ccccc2)CC1. The number of rotatable bonds is 4. The Bertz CT molecular complexity index is 671. The van der Waals surface area contributed by atoms with Crippen LogP contribution in [0.15, 0.2) is 60.7 Å². The summed E-state index contributed by atoms with van der Waals surface area (Å²) in [5.41, 5.74) is 2.62. The lowest BCUT2D eigenvalue weighted by Gasteiger charge is -2.40. The second-order valence-corrected chi connectivity index (χ2v) is 7.89. The minimum atomic E-state index is 0.00518. The highest BCUT2D eigenvalue weighted by molar-refractivity contribution is 7.99. The summed E-state index contributed by atoms with van der Waals surface area (Å²) in [5.74, 6) is 2.06. The van der Waals surface area contributed by atoms with Gasteiger partial charge in [-0.2, -0.15) is 0 Å². The van der Waals surface area contributed by atoms with Crippen LogP contribution < -0.4 is 5.32 Å². The molecule has 26 heavy (non-hydrogen) atoms. The van der Waals surface area contributed by atoms with Gasteiger partial charge in [-0.3, -0.25) is 15.0 Å². The van der Waals surface area contributed by atoms with Crippen molar-refractivity contribution in [3.8, 4) is 0 Å². The highest BCUT2D eigenvalue weighted by atomic mass is 32.2. The molecule has 0 saturated carbocycles. The Kier molecular flexibility index (Phi) is 5.58. The molecular weight excluding hydrogens is 342 g/mol. The fourth-order valence-corrected chi connectivity index (χ4v) is 4.79. The Morgan fingerprint density at radius 3 is 2.00 bits per heavy atom. The molecule has 4 rings (SSSR count). The van der Waals surface area contributed by atoms with Gasteiger partial charge in [-0.05, 0) is 11.1 Å². The third-order valence-corrected chi connectivity index (χ3v) is 6.18. The molecule has 0 spiro atoms. The van der Waals surface area contributed by atoms with Gasteiger partial charge in [-0.1, -0.05) is 60.7 Å². The van der Waals surface area contributed by atoms with Gasteiger partial charge in [-0.25, -0.2) is 0 Å². The summed E-state index contributed by atoms with van der Waals surface area (Å²) in [6.45, 7) is 3.41. The zero-order valence-electron chi connectivity index (χ0n) is 14.9. The summed E-state index contributed by atoms with van der Waals surface area (Å²) in [4.78, 5) is 17.2. The molecule has 1 unspecified atom stereocenters. The first kappa shape index (κ1) is 17.6. The van der Waals surface area contributed by atoms with Crippen LogP contribution in [0.4, 0.5) is 0 Å². The molecule has 2 saturated heterocycles. The van der Waals surface area contributed by atoms with Crippen LogP contribution in [0.3, 0.4) is 0 Å². The Labute approximate surface area is 159 Å². The van der Waals surface area contributed by atoms with Gasteiger partial charge in [0, 0.05) is 37.8 Å². The summed E-state index contributed by atoms with van der Waals surface area (Å²) in [7, 11) is 0. The molecule has 2 aromatic rings. The lowest BCUT2D eigenvalue weighted by Crippen LogP contribution is -2.54. The molecule has 136 valence electrons. The van der Waals surface area contributed by atoms with Gasteiger partial charge in [0.1, 0.15) is 0 Å². The van der Waals surface area contributed by atoms with Crippen molar-refractivity contribution in [3.05, 3.63) is 71.8 Å². The molecule has 0 bridgehead atoms. The van der Waals surface area contributed by atoms with E-state index in [1.54, 1.807) is 11.8 Å². The fraction of sp³-hybridized carbons (Fsp3) is 0.381. The van der Waals surface area contributed by atoms with Crippen LogP contribution in [0.25, 0.3) is 0 Å². The van der Waals surface area contributed by atoms with E-state index in [-0.39, 0.29) is 18.0 Å². The quantitative estimate of drug-likeness (QED) is 0.901. The number of hydrogen-bond donors (Lipinski definition) is 1. The first-order chi connectivity index (χ1) is 12.8. The van der Waals surface area contributed by atoms with E-state index < -0.39 is 0 Å². The van der Waals surface area contributed by atoms with E-state index >= 15 is 0 Å². The number of carbonyl (C=O) groups is 1. The lowest BCUT2D eigenvalue weighted by atomic mass is 9.96. The zero-order chi connectivity index (χ0) is 17.8. The topological polar surface area (TPSA) is 35.6 Å². The summed E-state index contributed by atoms with van der Waals surface area (Å²) >= 11 is 1.81. The van der Waals surface area contributed by atoms with Crippen molar-refractivity contribution in [3.63, 3.8) is 0 Å². The van der Waals surface area contributed by atoms with Crippen LogP contribution in [0, 0.1) is 0 Å². The molecule has 4 nitrogen and oxygen atoms in total. The predicted octanol–water partition coefficient (Wildman–Crippen LogP) is 2.58. The zero-order valence-corrected chi connectivity index (χ0v) is 15.7. The highest BCUT2D eigenvalue weighted by Crippen LogP contribution is 2.29. The number of amides is 1. The standard InChI is InChI=1S/C21H25N3OS/c25-21(19-15-26-16-22-19)24-13-11-23(12-14-24)20(17-7-3-1-4-8-17)18-9-5-2-6-10-18/h1-10,19-20,22H,11-16H2. The molecule has 2 aliphatic heterocycles. The monoisotopic (exact) mass is 367 g/mol. The first-order valence-electron chi connectivity index (χ1n) is 9.27. The molecule has 0 radical (unpaired) electrons. The summed E-state index contributed by atoms with van der Waals surface area (Å²) in [6.07, 6.45) is 0. The van der Waals surface area contributed by atoms with Crippen molar-refractivity contribution >= 4 is 17.7 Å². The molecule has 2 fully saturated rings. The molecule has 2 aromatic carbocycles. The van der Waals surface area contributed by atoms with E-state index in [0.29, 0.717) is 0 Å². The second kappa shape index (κ2) is 8.25. The number of hydrogen-bond acceptors (Lipinski definition) is 4. The van der Waals surface area contributed by atoms with Crippen LogP contribution in [-0.2, 0) is 4.79 Å². The molecule has 1 N–H and O–H groups in total. The summed E-state index contributed by atoms with van der Waals surface area (Å²) in [5, 5.41) is 3.30. The van der Waals surface area contributed by atoms with Gasteiger partial charge in [0.25, 0.3) is 0 Å². The average molecular weight is 368 g/mol. The predicted molar refractivity (Wildman–Crippen MR) is 107 cm³/mol. The van der Waals surface area contributed by atoms with Crippen LogP contribution in [0.2, 0.25) is 0 Å². The Hall–Kier alpha value is -1.82. The van der Waals surface area contributed by atoms with E-state index in [1.165, 1.54) is 11.1 Å². The third kappa shape index (κ3) is 3.80. The maximum absolute atomic E-state index is 12.6. The van der Waals surface area contributed by atoms with Gasteiger partial charge >= 0.3 is 0 Å². The average Bonchev–Trinajstić information content (AvgIpc) is 3.25. The molecule has 1 amide bonds. The maximum Gasteiger partial charge on any atom is 0.240 e. The minimum absolute atomic E-state index is 0.00518. The Balaban J connectivity index is 1.49. The largest absolute Gasteiger partial charge is 0.339 e. The lowest BCUT2D eigenvalue weighted by molar-refractivity contribution is -0.134. The second-order valence-electron chi connectivity index (χ2n) is 6.86. The smallest absolute Gasteiger partial charge is 0.240 e. The van der Waals surface area contributed by atoms with E-state index in [1.807, 2.05) is 4.90 Å². The van der Waals surface area contributed by atoms with Crippen molar-refractivity contribution in [2.75, 3.05) is 37.8 Å². The minimum Gasteiger partial charge on any atom is -0.339 e. The Morgan fingerprint density at radius 2 is 1.50 bits per heavy atom. The first-order valence-corrected chi connectivity index (χ1v) is 10.4. The van der Waals surface area contributed by atoms with E-state index in [0.717, 1.165) is 37.8 Å². The van der Waals surface area contributed by atoms with Crippen molar-refractivity contribution in [1.29, 1.82) is 0 Å². The molecule has 2 aliphatic rings. The summed E-state index contributed by atoms with van der Waals surface area (Å²) < 4.78 is 0. The maximum atomic E-state index is 12.6. The fourth-order valence-electron chi connectivity index (χ4n) is 3.86. The van der Waals surface area contributed by atoms with Crippen molar-refractivity contribution in [2.45, 2.75) is 12.1 Å². The molecule has 0 aliphatic carbocycles. The molecular formula is C21H25N3OS. The van der Waals surface area contributed by atoms with Gasteiger partial charge < -0.3 is 4.90 Å². The number of thioether (sulfide) groups is 1. The van der Waals surface area contributed by atoms with Crippen molar-refractivity contribution in [1.82, 2.24) is 15.1 Å². The molecule has 0 aromatic heterocycles. The third-order valence-electron chi connectivity index (χ3n) is 5.24. The number of piperazine rings is 1. The van der Waals surface area contributed by atoms with Gasteiger partial charge in [0.2, 0.25) is 5.91 Å². The number of benzene rings is 2. The Morgan fingerprint density at radius 1 is 0.923 bits per heavy atom. The van der Waals surface area contributed by atoms with Crippen LogP contribution in [-0.4, -0.2) is 59.6 Å². The van der Waals surface area contributed by atoms with Crippen LogP contribution >= 0.6 is 11.8 Å². The van der Waals surface area contributed by atoms with E-state index in [2.05, 4.69) is 70.9 Å². The molecule has 2 heterocycles. The number of carbonyl (C=O) groups excluding carboxylic acids is 1. The number of nitrogens with one attached hydrogen (secondary N) is 1. The van der Waals surface area contributed by atoms with Crippen LogP contribution in [0.5, 0.6) is 0 Å². The van der Waals surface area contributed by atoms with Gasteiger partial charge in [-0.15, -0.1) is 11.8 Å². The van der Waals surface area contributed by atoms with Gasteiger partial charge in [0.05, 0.1) is 12.1 Å². The van der Waals surface area contributed by atoms with Crippen molar-refractivity contribution < 1.29 is 4.79 Å². The molecule has 5 heteroatoms.